The zero-order valence-corrected chi connectivity index (χ0v) is 11.2. The van der Waals surface area contributed by atoms with E-state index >= 15 is 0 Å². The molecule has 0 bridgehead atoms. The number of H-pyrrole nitrogens is 1. The summed E-state index contributed by atoms with van der Waals surface area (Å²) in [4.78, 5) is 33.1. The van der Waals surface area contributed by atoms with E-state index in [1.807, 2.05) is 6.07 Å². The monoisotopic (exact) mass is 298 g/mol. The van der Waals surface area contributed by atoms with Gasteiger partial charge in [0.05, 0.1) is 16.0 Å². The van der Waals surface area contributed by atoms with E-state index in [0.29, 0.717) is 11.5 Å². The van der Waals surface area contributed by atoms with Crippen molar-refractivity contribution in [2.45, 2.75) is 6.61 Å². The van der Waals surface area contributed by atoms with Crippen molar-refractivity contribution < 1.29 is 14.5 Å². The maximum Gasteiger partial charge on any atom is 0.338 e. The van der Waals surface area contributed by atoms with E-state index < -0.39 is 10.9 Å². The molecule has 0 amide bonds. The van der Waals surface area contributed by atoms with Gasteiger partial charge in [0.25, 0.3) is 5.69 Å². The van der Waals surface area contributed by atoms with Crippen molar-refractivity contribution >= 4 is 22.8 Å². The molecule has 8 heteroatoms. The molecule has 8 nitrogen and oxygen atoms in total. The molecule has 0 unspecified atom stereocenters. The van der Waals surface area contributed by atoms with Crippen LogP contribution in [0.4, 0.5) is 5.69 Å². The molecule has 0 fully saturated rings. The molecule has 2 heterocycles. The first-order valence-corrected chi connectivity index (χ1v) is 6.34. The lowest BCUT2D eigenvalue weighted by atomic mass is 10.2. The summed E-state index contributed by atoms with van der Waals surface area (Å²) >= 11 is 0. The zero-order valence-electron chi connectivity index (χ0n) is 11.2. The van der Waals surface area contributed by atoms with Gasteiger partial charge in [-0.3, -0.25) is 10.1 Å². The van der Waals surface area contributed by atoms with E-state index in [0.717, 1.165) is 5.52 Å². The van der Waals surface area contributed by atoms with Gasteiger partial charge in [-0.15, -0.1) is 0 Å². The normalized spacial score (nSPS) is 10.5. The maximum atomic E-state index is 11.9. The molecule has 3 aromatic rings. The summed E-state index contributed by atoms with van der Waals surface area (Å²) in [5.74, 6) is -0.104. The number of non-ortho nitro benzene ring substituents is 1. The van der Waals surface area contributed by atoms with E-state index in [2.05, 4.69) is 15.0 Å². The Morgan fingerprint density at radius 1 is 1.27 bits per heavy atom. The van der Waals surface area contributed by atoms with Gasteiger partial charge in [-0.1, -0.05) is 0 Å². The van der Waals surface area contributed by atoms with Crippen LogP contribution in [0, 0.1) is 10.1 Å². The van der Waals surface area contributed by atoms with Gasteiger partial charge in [0.2, 0.25) is 0 Å². The molecule has 1 aromatic carbocycles. The van der Waals surface area contributed by atoms with Gasteiger partial charge in [-0.2, -0.15) is 0 Å². The fourth-order valence-electron chi connectivity index (χ4n) is 1.90. The Hall–Kier alpha value is -3.29. The summed E-state index contributed by atoms with van der Waals surface area (Å²) in [7, 11) is 0. The van der Waals surface area contributed by atoms with Crippen molar-refractivity contribution in [3.05, 3.63) is 64.1 Å². The lowest BCUT2D eigenvalue weighted by Gasteiger charge is -2.02. The van der Waals surface area contributed by atoms with Crippen LogP contribution in [0.25, 0.3) is 11.2 Å². The number of nitro benzene ring substituents is 1. The van der Waals surface area contributed by atoms with E-state index in [1.54, 1.807) is 12.3 Å². The van der Waals surface area contributed by atoms with Crippen molar-refractivity contribution in [2.75, 3.05) is 0 Å². The third-order valence-electron chi connectivity index (χ3n) is 2.96. The number of nitrogens with one attached hydrogen (secondary N) is 1. The van der Waals surface area contributed by atoms with Gasteiger partial charge in [0, 0.05) is 18.3 Å². The number of nitro groups is 1. The van der Waals surface area contributed by atoms with Gasteiger partial charge < -0.3 is 9.72 Å². The summed E-state index contributed by atoms with van der Waals surface area (Å²) in [6, 6.07) is 8.79. The number of pyridine rings is 1. The van der Waals surface area contributed by atoms with Gasteiger partial charge in [-0.05, 0) is 24.3 Å². The summed E-state index contributed by atoms with van der Waals surface area (Å²) in [6.45, 7) is -0.0355. The molecular weight excluding hydrogens is 288 g/mol. The third kappa shape index (κ3) is 2.75. The first kappa shape index (κ1) is 13.7. The molecule has 0 aliphatic carbocycles. The predicted octanol–water partition coefficient (Wildman–Crippen LogP) is 2.22. The molecular formula is C14H10N4O4. The molecule has 3 rings (SSSR count). The molecule has 0 saturated heterocycles. The minimum atomic E-state index is -0.580. The van der Waals surface area contributed by atoms with Crippen molar-refractivity contribution in [1.29, 1.82) is 0 Å². The number of rotatable bonds is 4. The molecule has 1 N–H and O–H groups in total. The Kier molecular flexibility index (Phi) is 3.48. The minimum Gasteiger partial charge on any atom is -0.454 e. The topological polar surface area (TPSA) is 111 Å². The standard InChI is InChI=1S/C14H10N4O4/c19-14(9-3-5-10(6-4-9)18(20)21)22-8-12-16-11-2-1-7-15-13(11)17-12/h1-7H,8H2,(H,15,16,17). The Bertz CT molecular complexity index is 808. The fraction of sp³-hybridized carbons (Fsp3) is 0.0714. The second-order valence-corrected chi connectivity index (χ2v) is 4.44. The Morgan fingerprint density at radius 3 is 2.73 bits per heavy atom. The van der Waals surface area contributed by atoms with Crippen LogP contribution in [0.5, 0.6) is 0 Å². The van der Waals surface area contributed by atoms with Crippen LogP contribution in [-0.2, 0) is 11.3 Å². The van der Waals surface area contributed by atoms with Crippen LogP contribution in [0.15, 0.2) is 42.6 Å². The van der Waals surface area contributed by atoms with Gasteiger partial charge >= 0.3 is 5.97 Å². The largest absolute Gasteiger partial charge is 0.454 e. The van der Waals surface area contributed by atoms with Gasteiger partial charge in [-0.25, -0.2) is 14.8 Å². The first-order chi connectivity index (χ1) is 10.6. The zero-order chi connectivity index (χ0) is 15.5. The molecule has 22 heavy (non-hydrogen) atoms. The molecule has 0 aliphatic heterocycles. The fourth-order valence-corrected chi connectivity index (χ4v) is 1.90. The average molecular weight is 298 g/mol. The van der Waals surface area contributed by atoms with Gasteiger partial charge in [0.1, 0.15) is 12.4 Å². The van der Waals surface area contributed by atoms with Crippen LogP contribution >= 0.6 is 0 Å². The molecule has 0 spiro atoms. The summed E-state index contributed by atoms with van der Waals surface area (Å²) in [5.41, 5.74) is 1.45. The van der Waals surface area contributed by atoms with Crippen molar-refractivity contribution in [2.24, 2.45) is 0 Å². The number of benzene rings is 1. The number of imidazole rings is 1. The van der Waals surface area contributed by atoms with Crippen LogP contribution in [0.1, 0.15) is 16.2 Å². The Morgan fingerprint density at radius 2 is 2.05 bits per heavy atom. The smallest absolute Gasteiger partial charge is 0.338 e. The Balaban J connectivity index is 1.67. The number of aromatic amines is 1. The number of esters is 1. The number of aromatic nitrogens is 3. The van der Waals surface area contributed by atoms with Crippen LogP contribution in [-0.4, -0.2) is 25.8 Å². The van der Waals surface area contributed by atoms with Gasteiger partial charge in [0.15, 0.2) is 5.65 Å². The molecule has 0 saturated carbocycles. The van der Waals surface area contributed by atoms with Crippen LogP contribution in [0.3, 0.4) is 0 Å². The number of fused-ring (bicyclic) bond motifs is 1. The number of carbonyl (C=O) groups excluding carboxylic acids is 1. The SMILES string of the molecule is O=C(OCc1nc2ncccc2[nH]1)c1ccc([N+](=O)[O-])cc1. The van der Waals surface area contributed by atoms with Crippen molar-refractivity contribution in [3.8, 4) is 0 Å². The van der Waals surface area contributed by atoms with E-state index in [9.17, 15) is 14.9 Å². The summed E-state index contributed by atoms with van der Waals surface area (Å²) in [5, 5.41) is 10.5. The first-order valence-electron chi connectivity index (χ1n) is 6.34. The minimum absolute atomic E-state index is 0.0355. The van der Waals surface area contributed by atoms with Crippen molar-refractivity contribution in [3.63, 3.8) is 0 Å². The lowest BCUT2D eigenvalue weighted by Crippen LogP contribution is -2.06. The number of hydrogen-bond donors (Lipinski definition) is 1. The quantitative estimate of drug-likeness (QED) is 0.449. The lowest BCUT2D eigenvalue weighted by molar-refractivity contribution is -0.384. The maximum absolute atomic E-state index is 11.9. The predicted molar refractivity (Wildman–Crippen MR) is 76.1 cm³/mol. The third-order valence-corrected chi connectivity index (χ3v) is 2.96. The highest BCUT2D eigenvalue weighted by molar-refractivity contribution is 5.89. The highest BCUT2D eigenvalue weighted by Crippen LogP contribution is 2.13. The number of carbonyl (C=O) groups is 1. The van der Waals surface area contributed by atoms with E-state index in [4.69, 9.17) is 4.74 Å². The van der Waals surface area contributed by atoms with Crippen LogP contribution in [0.2, 0.25) is 0 Å². The van der Waals surface area contributed by atoms with E-state index in [-0.39, 0.29) is 17.9 Å². The molecule has 110 valence electrons. The molecule has 0 radical (unpaired) electrons. The highest BCUT2D eigenvalue weighted by Gasteiger charge is 2.12. The summed E-state index contributed by atoms with van der Waals surface area (Å²) < 4.78 is 5.11. The Labute approximate surface area is 123 Å². The average Bonchev–Trinajstić information content (AvgIpc) is 2.95. The molecule has 2 aromatic heterocycles. The second-order valence-electron chi connectivity index (χ2n) is 4.44. The summed E-state index contributed by atoms with van der Waals surface area (Å²) in [6.07, 6.45) is 1.62. The van der Waals surface area contributed by atoms with E-state index in [1.165, 1.54) is 24.3 Å². The number of nitrogens with zero attached hydrogens (tertiary/aromatic N) is 3. The molecule has 0 aliphatic rings. The van der Waals surface area contributed by atoms with Crippen molar-refractivity contribution in [1.82, 2.24) is 15.0 Å². The van der Waals surface area contributed by atoms with Crippen LogP contribution < -0.4 is 0 Å². The number of hydrogen-bond acceptors (Lipinski definition) is 6. The second kappa shape index (κ2) is 5.60. The number of ether oxygens (including phenoxy) is 1. The highest BCUT2D eigenvalue weighted by atomic mass is 16.6. The molecule has 0 atom stereocenters.